The van der Waals surface area contributed by atoms with Gasteiger partial charge in [-0.05, 0) is 38.8 Å². The molecule has 1 rings (SSSR count). The van der Waals surface area contributed by atoms with Gasteiger partial charge in [0.15, 0.2) is 5.78 Å². The Labute approximate surface area is 159 Å². The molecule has 0 bridgehead atoms. The number of hydrogen-bond acceptors (Lipinski definition) is 7. The van der Waals surface area contributed by atoms with Crippen molar-refractivity contribution in [1.29, 1.82) is 0 Å². The van der Waals surface area contributed by atoms with Crippen LogP contribution in [0.15, 0.2) is 30.3 Å². The first-order chi connectivity index (χ1) is 12.8. The number of carbonyl (C=O) groups is 3. The van der Waals surface area contributed by atoms with Crippen molar-refractivity contribution in [3.63, 3.8) is 0 Å². The van der Waals surface area contributed by atoms with Crippen molar-refractivity contribution in [2.24, 2.45) is 11.5 Å². The molecule has 0 aromatic heterocycles. The minimum atomic E-state index is -0.842. The lowest BCUT2D eigenvalue weighted by molar-refractivity contribution is -0.127. The maximum atomic E-state index is 12.4. The molecule has 0 fully saturated rings. The highest BCUT2D eigenvalue weighted by atomic mass is 16.5. The minimum absolute atomic E-state index is 0.0917. The predicted molar refractivity (Wildman–Crippen MR) is 101 cm³/mol. The highest BCUT2D eigenvalue weighted by molar-refractivity contribution is 5.90. The summed E-state index contributed by atoms with van der Waals surface area (Å²) in [7, 11) is 0. The Bertz CT molecular complexity index is 609. The van der Waals surface area contributed by atoms with Crippen molar-refractivity contribution in [3.8, 4) is 0 Å². The van der Waals surface area contributed by atoms with Gasteiger partial charge in [-0.15, -0.1) is 0 Å². The molecule has 2 amide bonds. The van der Waals surface area contributed by atoms with E-state index >= 15 is 0 Å². The fourth-order valence-electron chi connectivity index (χ4n) is 2.17. The van der Waals surface area contributed by atoms with E-state index in [-0.39, 0.29) is 12.4 Å². The molecule has 9 nitrogen and oxygen atoms in total. The molecule has 150 valence electrons. The second-order valence-corrected chi connectivity index (χ2v) is 6.22. The summed E-state index contributed by atoms with van der Waals surface area (Å²) in [6.07, 6.45) is -0.496. The number of carbonyl (C=O) groups excluding carboxylic acids is 3. The van der Waals surface area contributed by atoms with E-state index < -0.39 is 30.4 Å². The van der Waals surface area contributed by atoms with E-state index in [1.165, 1.54) is 6.92 Å². The van der Waals surface area contributed by atoms with Crippen LogP contribution in [0.2, 0.25) is 0 Å². The van der Waals surface area contributed by atoms with Gasteiger partial charge < -0.3 is 26.8 Å². The van der Waals surface area contributed by atoms with Gasteiger partial charge >= 0.3 is 6.09 Å². The summed E-state index contributed by atoms with van der Waals surface area (Å²) in [5.41, 5.74) is 11.6. The molecule has 1 unspecified atom stereocenters. The lowest BCUT2D eigenvalue weighted by Crippen LogP contribution is -2.51. The number of ketones is 1. The number of ether oxygens (including phenoxy) is 1. The normalized spacial score (nSPS) is 12.9. The number of nitrogens with one attached hydrogen (secondary N) is 3. The highest BCUT2D eigenvalue weighted by Crippen LogP contribution is 2.03. The fraction of sp³-hybridized carbons (Fsp3) is 0.500. The summed E-state index contributed by atoms with van der Waals surface area (Å²) in [4.78, 5) is 35.8. The molecule has 0 spiro atoms. The molecular formula is C18H29N5O4. The van der Waals surface area contributed by atoms with Crippen LogP contribution in [-0.2, 0) is 20.9 Å². The van der Waals surface area contributed by atoms with Crippen molar-refractivity contribution in [3.05, 3.63) is 35.9 Å². The first kappa shape index (κ1) is 22.6. The lowest BCUT2D eigenvalue weighted by Gasteiger charge is -2.20. The van der Waals surface area contributed by atoms with Gasteiger partial charge in [0.1, 0.15) is 18.9 Å². The third-order valence-electron chi connectivity index (χ3n) is 3.84. The average molecular weight is 379 g/mol. The van der Waals surface area contributed by atoms with Gasteiger partial charge in [-0.1, -0.05) is 30.3 Å². The van der Waals surface area contributed by atoms with Gasteiger partial charge in [-0.25, -0.2) is 4.79 Å². The monoisotopic (exact) mass is 379 g/mol. The van der Waals surface area contributed by atoms with Crippen LogP contribution >= 0.6 is 0 Å². The fourth-order valence-corrected chi connectivity index (χ4v) is 2.17. The molecule has 0 aliphatic carbocycles. The van der Waals surface area contributed by atoms with E-state index in [2.05, 4.69) is 16.0 Å². The van der Waals surface area contributed by atoms with Crippen LogP contribution in [0.4, 0.5) is 4.79 Å². The van der Waals surface area contributed by atoms with E-state index in [9.17, 15) is 14.4 Å². The molecule has 0 aliphatic heterocycles. The van der Waals surface area contributed by atoms with Gasteiger partial charge in [0.25, 0.3) is 0 Å². The van der Waals surface area contributed by atoms with Crippen molar-refractivity contribution < 1.29 is 19.1 Å². The largest absolute Gasteiger partial charge is 0.445 e. The molecule has 0 saturated carbocycles. The quantitative estimate of drug-likeness (QED) is 0.267. The molecule has 27 heavy (non-hydrogen) atoms. The summed E-state index contributed by atoms with van der Waals surface area (Å²) < 4.78 is 5.15. The average Bonchev–Trinajstić information content (AvgIpc) is 2.62. The first-order valence-electron chi connectivity index (χ1n) is 8.82. The third kappa shape index (κ3) is 9.69. The molecular weight excluding hydrogens is 350 g/mol. The topological polar surface area (TPSA) is 149 Å². The molecule has 0 heterocycles. The molecule has 1 aromatic rings. The number of benzene rings is 1. The Balaban J connectivity index is 2.58. The molecule has 0 radical (unpaired) electrons. The zero-order valence-corrected chi connectivity index (χ0v) is 15.7. The van der Waals surface area contributed by atoms with E-state index in [1.807, 2.05) is 30.3 Å². The van der Waals surface area contributed by atoms with Crippen molar-refractivity contribution in [1.82, 2.24) is 16.0 Å². The van der Waals surface area contributed by atoms with Crippen molar-refractivity contribution in [2.75, 3.05) is 6.54 Å². The maximum absolute atomic E-state index is 12.4. The van der Waals surface area contributed by atoms with E-state index in [0.717, 1.165) is 5.56 Å². The second kappa shape index (κ2) is 12.0. The maximum Gasteiger partial charge on any atom is 0.408 e. The number of amides is 2. The van der Waals surface area contributed by atoms with Crippen LogP contribution in [0.5, 0.6) is 0 Å². The number of nitrogens with two attached hydrogens (primary N) is 2. The Kier molecular flexibility index (Phi) is 10.0. The Hall–Kier alpha value is -2.49. The predicted octanol–water partition coefficient (Wildman–Crippen LogP) is -0.0541. The summed E-state index contributed by atoms with van der Waals surface area (Å²) in [6.45, 7) is 3.53. The zero-order valence-electron chi connectivity index (χ0n) is 15.7. The lowest BCUT2D eigenvalue weighted by atomic mass is 10.1. The van der Waals surface area contributed by atoms with Crippen LogP contribution in [0, 0.1) is 0 Å². The second-order valence-electron chi connectivity index (χ2n) is 6.22. The Morgan fingerprint density at radius 2 is 1.78 bits per heavy atom. The molecule has 7 N–H and O–H groups in total. The molecule has 2 atom stereocenters. The van der Waals surface area contributed by atoms with Crippen LogP contribution in [0.25, 0.3) is 0 Å². The molecule has 0 saturated heterocycles. The molecule has 1 aromatic carbocycles. The summed E-state index contributed by atoms with van der Waals surface area (Å²) in [5, 5.41) is 7.95. The highest BCUT2D eigenvalue weighted by Gasteiger charge is 2.23. The van der Waals surface area contributed by atoms with Gasteiger partial charge in [0, 0.05) is 0 Å². The standard InChI is InChI=1S/C18H29N5O4/c1-12(13(2)24)22-16(25)15(9-6-10-21-17(19)20)23-18(26)27-11-14-7-4-3-5-8-14/h3-5,7-8,12,15,17,21H,6,9-11,19-20H2,1-2H3,(H,22,25)(H,23,26)/t12?,15-/m0/s1. The van der Waals surface area contributed by atoms with Gasteiger partial charge in [0.05, 0.1) is 6.04 Å². The summed E-state index contributed by atoms with van der Waals surface area (Å²) in [5.74, 6) is -0.629. The van der Waals surface area contributed by atoms with Crippen LogP contribution in [-0.4, -0.2) is 42.7 Å². The third-order valence-corrected chi connectivity index (χ3v) is 3.84. The zero-order chi connectivity index (χ0) is 20.2. The van der Waals surface area contributed by atoms with Crippen molar-refractivity contribution in [2.45, 2.75) is 51.7 Å². The number of alkyl carbamates (subject to hydrolysis) is 1. The number of hydrogen-bond donors (Lipinski definition) is 5. The van der Waals surface area contributed by atoms with E-state index in [4.69, 9.17) is 16.2 Å². The van der Waals surface area contributed by atoms with Gasteiger partial charge in [-0.2, -0.15) is 0 Å². The van der Waals surface area contributed by atoms with E-state index in [0.29, 0.717) is 19.4 Å². The minimum Gasteiger partial charge on any atom is -0.445 e. The van der Waals surface area contributed by atoms with E-state index in [1.54, 1.807) is 6.92 Å². The van der Waals surface area contributed by atoms with Gasteiger partial charge in [0.2, 0.25) is 5.91 Å². The first-order valence-corrected chi connectivity index (χ1v) is 8.82. The Morgan fingerprint density at radius 3 is 2.37 bits per heavy atom. The molecule has 0 aliphatic rings. The SMILES string of the molecule is CC(=O)C(C)NC(=O)[C@H](CCCNC(N)N)NC(=O)OCc1ccccc1. The van der Waals surface area contributed by atoms with Crippen LogP contribution in [0.1, 0.15) is 32.3 Å². The summed E-state index contributed by atoms with van der Waals surface area (Å²) in [6, 6.07) is 7.71. The smallest absolute Gasteiger partial charge is 0.408 e. The van der Waals surface area contributed by atoms with Crippen LogP contribution < -0.4 is 27.4 Å². The Morgan fingerprint density at radius 1 is 1.11 bits per heavy atom. The van der Waals surface area contributed by atoms with Gasteiger partial charge in [-0.3, -0.25) is 14.9 Å². The number of Topliss-reactive ketones (excluding diaryl/α,β-unsaturated/α-hetero) is 1. The number of rotatable bonds is 11. The van der Waals surface area contributed by atoms with Crippen molar-refractivity contribution >= 4 is 17.8 Å². The molecule has 9 heteroatoms. The summed E-state index contributed by atoms with van der Waals surface area (Å²) >= 11 is 0. The van der Waals surface area contributed by atoms with Crippen LogP contribution in [0.3, 0.4) is 0 Å².